The van der Waals surface area contributed by atoms with E-state index in [0.717, 1.165) is 16.3 Å². The first-order valence-electron chi connectivity index (χ1n) is 4.10. The lowest BCUT2D eigenvalue weighted by molar-refractivity contribution is -0.107. The third-order valence-electron chi connectivity index (χ3n) is 1.76. The number of benzene rings is 1. The lowest BCUT2D eigenvalue weighted by atomic mass is 10.1. The second-order valence-electron chi connectivity index (χ2n) is 2.81. The monoisotopic (exact) mass is 238 g/mol. The first-order valence-corrected chi connectivity index (χ1v) is 4.89. The van der Waals surface area contributed by atoms with Crippen molar-refractivity contribution in [3.8, 4) is 0 Å². The van der Waals surface area contributed by atoms with E-state index < -0.39 is 0 Å². The molecule has 68 valence electrons. The summed E-state index contributed by atoms with van der Waals surface area (Å²) in [5, 5.41) is 0. The number of hydrogen-bond acceptors (Lipinski definition) is 1. The van der Waals surface area contributed by atoms with Crippen LogP contribution in [0.1, 0.15) is 17.5 Å². The molecule has 0 saturated heterocycles. The van der Waals surface area contributed by atoms with Crippen LogP contribution < -0.4 is 0 Å². The molecule has 0 aliphatic rings. The highest BCUT2D eigenvalue weighted by Crippen LogP contribution is 2.16. The maximum atomic E-state index is 10.1. The minimum Gasteiger partial charge on any atom is -0.303 e. The maximum absolute atomic E-state index is 10.1. The average Bonchev–Trinajstić information content (AvgIpc) is 2.09. The second kappa shape index (κ2) is 4.97. The van der Waals surface area contributed by atoms with Crippen LogP contribution in [0.25, 0.3) is 6.08 Å². The molecule has 0 fully saturated rings. The minimum absolute atomic E-state index is 0.482. The molecule has 0 saturated carbocycles. The van der Waals surface area contributed by atoms with Crippen LogP contribution in [0.3, 0.4) is 0 Å². The molecule has 0 spiro atoms. The summed E-state index contributed by atoms with van der Waals surface area (Å²) < 4.78 is 1.08. The summed E-state index contributed by atoms with van der Waals surface area (Å²) in [7, 11) is 0. The molecule has 0 atom stereocenters. The largest absolute Gasteiger partial charge is 0.303 e. The van der Waals surface area contributed by atoms with Gasteiger partial charge in [0.2, 0.25) is 0 Å². The molecule has 0 N–H and O–H groups in total. The number of aldehydes is 1. The SMILES string of the molecule is Cc1cc(Br)ccc1C=CCC=O. The van der Waals surface area contributed by atoms with Crippen molar-refractivity contribution >= 4 is 28.3 Å². The quantitative estimate of drug-likeness (QED) is 0.739. The van der Waals surface area contributed by atoms with Crippen molar-refractivity contribution < 1.29 is 4.79 Å². The predicted octanol–water partition coefficient (Wildman–Crippen LogP) is 3.36. The lowest BCUT2D eigenvalue weighted by Crippen LogP contribution is -1.79. The Labute approximate surface area is 86.6 Å². The molecular formula is C11H11BrO. The fourth-order valence-corrected chi connectivity index (χ4v) is 1.55. The van der Waals surface area contributed by atoms with Gasteiger partial charge >= 0.3 is 0 Å². The number of carbonyl (C=O) groups is 1. The van der Waals surface area contributed by atoms with E-state index in [1.807, 2.05) is 31.2 Å². The van der Waals surface area contributed by atoms with Crippen molar-refractivity contribution in [2.24, 2.45) is 0 Å². The molecule has 0 bridgehead atoms. The Morgan fingerprint density at radius 3 is 2.85 bits per heavy atom. The van der Waals surface area contributed by atoms with Crippen LogP contribution >= 0.6 is 15.9 Å². The van der Waals surface area contributed by atoms with Gasteiger partial charge in [-0.2, -0.15) is 0 Å². The van der Waals surface area contributed by atoms with Crippen molar-refractivity contribution in [2.45, 2.75) is 13.3 Å². The molecule has 0 aromatic heterocycles. The molecule has 0 amide bonds. The predicted molar refractivity (Wildman–Crippen MR) is 58.6 cm³/mol. The normalized spacial score (nSPS) is 10.6. The molecule has 13 heavy (non-hydrogen) atoms. The van der Waals surface area contributed by atoms with Gasteiger partial charge in [0.05, 0.1) is 0 Å². The van der Waals surface area contributed by atoms with Crippen molar-refractivity contribution in [3.63, 3.8) is 0 Å². The zero-order valence-corrected chi connectivity index (χ0v) is 9.04. The van der Waals surface area contributed by atoms with Gasteiger partial charge in [-0.05, 0) is 30.2 Å². The van der Waals surface area contributed by atoms with Gasteiger partial charge in [-0.1, -0.05) is 34.1 Å². The highest BCUT2D eigenvalue weighted by atomic mass is 79.9. The van der Waals surface area contributed by atoms with Gasteiger partial charge in [-0.25, -0.2) is 0 Å². The highest BCUT2D eigenvalue weighted by molar-refractivity contribution is 9.10. The minimum atomic E-state index is 0.482. The third-order valence-corrected chi connectivity index (χ3v) is 2.25. The number of carbonyl (C=O) groups excluding carboxylic acids is 1. The standard InChI is InChI=1S/C11H11BrO/c1-9-8-11(12)6-5-10(9)4-2-3-7-13/h2,4-8H,3H2,1H3. The highest BCUT2D eigenvalue weighted by Gasteiger charge is 1.93. The van der Waals surface area contributed by atoms with E-state index in [-0.39, 0.29) is 0 Å². The van der Waals surface area contributed by atoms with E-state index in [4.69, 9.17) is 0 Å². The van der Waals surface area contributed by atoms with Crippen LogP contribution in [0.15, 0.2) is 28.7 Å². The fourth-order valence-electron chi connectivity index (χ4n) is 1.08. The zero-order chi connectivity index (χ0) is 9.68. The van der Waals surface area contributed by atoms with Crippen LogP contribution in [-0.4, -0.2) is 6.29 Å². The molecule has 0 unspecified atom stereocenters. The Balaban J connectivity index is 2.83. The van der Waals surface area contributed by atoms with Crippen LogP contribution in [0.5, 0.6) is 0 Å². The van der Waals surface area contributed by atoms with Crippen molar-refractivity contribution in [1.29, 1.82) is 0 Å². The summed E-state index contributed by atoms with van der Waals surface area (Å²) in [5.41, 5.74) is 2.36. The summed E-state index contributed by atoms with van der Waals surface area (Å²) in [6, 6.07) is 6.08. The Morgan fingerprint density at radius 1 is 1.46 bits per heavy atom. The van der Waals surface area contributed by atoms with Crippen molar-refractivity contribution in [1.82, 2.24) is 0 Å². The molecule has 2 heteroatoms. The van der Waals surface area contributed by atoms with Crippen molar-refractivity contribution in [3.05, 3.63) is 39.9 Å². The van der Waals surface area contributed by atoms with Gasteiger partial charge in [0.25, 0.3) is 0 Å². The summed E-state index contributed by atoms with van der Waals surface area (Å²) in [4.78, 5) is 10.1. The summed E-state index contributed by atoms with van der Waals surface area (Å²) in [6.07, 6.45) is 5.21. The van der Waals surface area contributed by atoms with Crippen LogP contribution in [0, 0.1) is 6.92 Å². The molecule has 0 heterocycles. The van der Waals surface area contributed by atoms with Gasteiger partial charge in [-0.15, -0.1) is 0 Å². The van der Waals surface area contributed by atoms with Crippen LogP contribution in [-0.2, 0) is 4.79 Å². The number of halogens is 1. The number of allylic oxidation sites excluding steroid dienone is 1. The van der Waals surface area contributed by atoms with Gasteiger partial charge < -0.3 is 4.79 Å². The van der Waals surface area contributed by atoms with Gasteiger partial charge in [0.15, 0.2) is 0 Å². The van der Waals surface area contributed by atoms with E-state index in [9.17, 15) is 4.79 Å². The summed E-state index contributed by atoms with van der Waals surface area (Å²) in [5.74, 6) is 0. The third kappa shape index (κ3) is 3.15. The van der Waals surface area contributed by atoms with Gasteiger partial charge in [0.1, 0.15) is 6.29 Å². The smallest absolute Gasteiger partial charge is 0.123 e. The van der Waals surface area contributed by atoms with E-state index in [1.54, 1.807) is 0 Å². The lowest BCUT2D eigenvalue weighted by Gasteiger charge is -1.99. The molecule has 1 nitrogen and oxygen atoms in total. The van der Waals surface area contributed by atoms with Crippen LogP contribution in [0.2, 0.25) is 0 Å². The van der Waals surface area contributed by atoms with Crippen molar-refractivity contribution in [2.75, 3.05) is 0 Å². The molecule has 1 aromatic carbocycles. The number of hydrogen-bond donors (Lipinski definition) is 0. The molecule has 1 aromatic rings. The molecular weight excluding hydrogens is 228 g/mol. The van der Waals surface area contributed by atoms with Gasteiger partial charge in [0, 0.05) is 10.9 Å². The molecule has 0 radical (unpaired) electrons. The van der Waals surface area contributed by atoms with E-state index in [0.29, 0.717) is 6.42 Å². The fraction of sp³-hybridized carbons (Fsp3) is 0.182. The first-order chi connectivity index (χ1) is 6.24. The Bertz CT molecular complexity index is 329. The second-order valence-corrected chi connectivity index (χ2v) is 3.72. The summed E-state index contributed by atoms with van der Waals surface area (Å²) in [6.45, 7) is 2.05. The average molecular weight is 239 g/mol. The van der Waals surface area contributed by atoms with E-state index >= 15 is 0 Å². The van der Waals surface area contributed by atoms with E-state index in [1.165, 1.54) is 5.56 Å². The zero-order valence-electron chi connectivity index (χ0n) is 7.46. The number of aryl methyl sites for hydroxylation is 1. The molecule has 1 rings (SSSR count). The Kier molecular flexibility index (Phi) is 3.90. The Morgan fingerprint density at radius 2 is 2.23 bits per heavy atom. The topological polar surface area (TPSA) is 17.1 Å². The molecule has 0 aliphatic carbocycles. The van der Waals surface area contributed by atoms with Gasteiger partial charge in [-0.3, -0.25) is 0 Å². The van der Waals surface area contributed by atoms with E-state index in [2.05, 4.69) is 22.0 Å². The maximum Gasteiger partial charge on any atom is 0.123 e. The molecule has 0 aliphatic heterocycles. The number of rotatable bonds is 3. The van der Waals surface area contributed by atoms with Crippen LogP contribution in [0.4, 0.5) is 0 Å². The first kappa shape index (κ1) is 10.2. The summed E-state index contributed by atoms with van der Waals surface area (Å²) >= 11 is 3.40. The Hall–Kier alpha value is -0.890.